The molecule has 0 saturated heterocycles. The lowest BCUT2D eigenvalue weighted by molar-refractivity contribution is -0.384. The minimum atomic E-state index is -0.958. The first-order chi connectivity index (χ1) is 10.6. The SMILES string of the molecule is COc1ccc([N+](=O)[O-])cc1NC(=O)NC(C)(C)CCC(=O)O. The van der Waals surface area contributed by atoms with Crippen molar-refractivity contribution in [2.45, 2.75) is 32.2 Å². The number of nitrogens with zero attached hydrogens (tertiary/aromatic N) is 1. The quantitative estimate of drug-likeness (QED) is 0.521. The molecule has 0 aliphatic carbocycles. The van der Waals surface area contributed by atoms with E-state index in [-0.39, 0.29) is 30.0 Å². The fourth-order valence-electron chi connectivity index (χ4n) is 1.85. The van der Waals surface area contributed by atoms with Crippen molar-refractivity contribution in [3.8, 4) is 5.75 Å². The Morgan fingerprint density at radius 2 is 2.04 bits per heavy atom. The average Bonchev–Trinajstić information content (AvgIpc) is 2.44. The van der Waals surface area contributed by atoms with Gasteiger partial charge in [0.1, 0.15) is 5.75 Å². The summed E-state index contributed by atoms with van der Waals surface area (Å²) >= 11 is 0. The second-order valence-electron chi connectivity index (χ2n) is 5.50. The maximum absolute atomic E-state index is 12.0. The van der Waals surface area contributed by atoms with Crippen LogP contribution in [0.3, 0.4) is 0 Å². The van der Waals surface area contributed by atoms with Crippen LogP contribution >= 0.6 is 0 Å². The van der Waals surface area contributed by atoms with Crippen molar-refractivity contribution in [2.24, 2.45) is 0 Å². The van der Waals surface area contributed by atoms with Gasteiger partial charge in [0.05, 0.1) is 17.7 Å². The molecule has 23 heavy (non-hydrogen) atoms. The summed E-state index contributed by atoms with van der Waals surface area (Å²) in [6.07, 6.45) is 0.148. The van der Waals surface area contributed by atoms with Gasteiger partial charge in [0.2, 0.25) is 0 Å². The Labute approximate surface area is 132 Å². The maximum Gasteiger partial charge on any atom is 0.319 e. The smallest absolute Gasteiger partial charge is 0.319 e. The summed E-state index contributed by atoms with van der Waals surface area (Å²) in [5.74, 6) is -0.685. The highest BCUT2D eigenvalue weighted by atomic mass is 16.6. The van der Waals surface area contributed by atoms with Crippen molar-refractivity contribution in [3.05, 3.63) is 28.3 Å². The van der Waals surface area contributed by atoms with E-state index >= 15 is 0 Å². The van der Waals surface area contributed by atoms with Crippen LogP contribution in [0.15, 0.2) is 18.2 Å². The summed E-state index contributed by atoms with van der Waals surface area (Å²) < 4.78 is 5.05. The molecule has 0 atom stereocenters. The zero-order chi connectivity index (χ0) is 17.6. The molecule has 3 N–H and O–H groups in total. The number of carbonyl (C=O) groups is 2. The molecule has 0 spiro atoms. The Kier molecular flexibility index (Phi) is 5.88. The van der Waals surface area contributed by atoms with Gasteiger partial charge in [0.15, 0.2) is 0 Å². The van der Waals surface area contributed by atoms with Gasteiger partial charge in [-0.2, -0.15) is 0 Å². The molecule has 1 rings (SSSR count). The van der Waals surface area contributed by atoms with E-state index in [0.29, 0.717) is 0 Å². The number of carboxylic acids is 1. The van der Waals surface area contributed by atoms with E-state index in [1.165, 1.54) is 25.3 Å². The van der Waals surface area contributed by atoms with Crippen molar-refractivity contribution < 1.29 is 24.4 Å². The van der Waals surface area contributed by atoms with Crippen LogP contribution in [0, 0.1) is 10.1 Å². The summed E-state index contributed by atoms with van der Waals surface area (Å²) in [4.78, 5) is 32.8. The van der Waals surface area contributed by atoms with Crippen LogP contribution in [-0.2, 0) is 4.79 Å². The van der Waals surface area contributed by atoms with Gasteiger partial charge in [0.25, 0.3) is 5.69 Å². The van der Waals surface area contributed by atoms with E-state index in [0.717, 1.165) is 0 Å². The monoisotopic (exact) mass is 325 g/mol. The summed E-state index contributed by atoms with van der Waals surface area (Å²) in [6.45, 7) is 3.36. The molecule has 0 radical (unpaired) electrons. The Bertz CT molecular complexity index is 615. The standard InChI is InChI=1S/C14H19N3O6/c1-14(2,7-6-12(18)19)16-13(20)15-10-8-9(17(21)22)4-5-11(10)23-3/h4-5,8H,6-7H2,1-3H3,(H,18,19)(H2,15,16,20). The Balaban J connectivity index is 2.82. The fourth-order valence-corrected chi connectivity index (χ4v) is 1.85. The van der Waals surface area contributed by atoms with Crippen LogP contribution in [0.4, 0.5) is 16.2 Å². The zero-order valence-corrected chi connectivity index (χ0v) is 13.1. The number of nitro benzene ring substituents is 1. The Hall–Kier alpha value is -2.84. The first-order valence-corrected chi connectivity index (χ1v) is 6.78. The highest BCUT2D eigenvalue weighted by Gasteiger charge is 2.22. The molecule has 0 saturated carbocycles. The Morgan fingerprint density at radius 3 is 2.57 bits per heavy atom. The number of hydrogen-bond donors (Lipinski definition) is 3. The molecule has 0 unspecified atom stereocenters. The molecule has 0 bridgehead atoms. The number of urea groups is 1. The van der Waals surface area contributed by atoms with Crippen molar-refractivity contribution in [1.82, 2.24) is 5.32 Å². The molecule has 9 heteroatoms. The van der Waals surface area contributed by atoms with Gasteiger partial charge in [-0.25, -0.2) is 4.79 Å². The summed E-state index contributed by atoms with van der Waals surface area (Å²) in [5.41, 5.74) is -0.796. The van der Waals surface area contributed by atoms with E-state index in [1.807, 2.05) is 0 Å². The molecule has 1 aromatic rings. The summed E-state index contributed by atoms with van der Waals surface area (Å²) in [5, 5.41) is 24.6. The number of benzene rings is 1. The average molecular weight is 325 g/mol. The van der Waals surface area contributed by atoms with Crippen LogP contribution < -0.4 is 15.4 Å². The summed E-state index contributed by atoms with van der Waals surface area (Å²) in [6, 6.07) is 3.21. The third kappa shape index (κ3) is 5.81. The van der Waals surface area contributed by atoms with E-state index in [2.05, 4.69) is 10.6 Å². The molecule has 0 aromatic heterocycles. The van der Waals surface area contributed by atoms with Gasteiger partial charge < -0.3 is 20.5 Å². The number of nitro groups is 1. The molecule has 1 aromatic carbocycles. The number of ether oxygens (including phenoxy) is 1. The van der Waals surface area contributed by atoms with E-state index in [4.69, 9.17) is 9.84 Å². The van der Waals surface area contributed by atoms with E-state index in [1.54, 1.807) is 13.8 Å². The van der Waals surface area contributed by atoms with Crippen molar-refractivity contribution in [3.63, 3.8) is 0 Å². The minimum absolute atomic E-state index is 0.0899. The van der Waals surface area contributed by atoms with Crippen LogP contribution in [-0.4, -0.2) is 34.7 Å². The first kappa shape index (κ1) is 18.2. The number of methoxy groups -OCH3 is 1. The van der Waals surface area contributed by atoms with Gasteiger partial charge in [0, 0.05) is 24.1 Å². The van der Waals surface area contributed by atoms with Gasteiger partial charge >= 0.3 is 12.0 Å². The van der Waals surface area contributed by atoms with Crippen LogP contribution in [0.25, 0.3) is 0 Å². The topological polar surface area (TPSA) is 131 Å². The minimum Gasteiger partial charge on any atom is -0.495 e. The molecule has 0 fully saturated rings. The number of non-ortho nitro benzene ring substituents is 1. The normalized spacial score (nSPS) is 10.7. The number of nitrogens with one attached hydrogen (secondary N) is 2. The first-order valence-electron chi connectivity index (χ1n) is 6.78. The maximum atomic E-state index is 12.0. The van der Waals surface area contributed by atoms with Crippen LogP contribution in [0.5, 0.6) is 5.75 Å². The highest BCUT2D eigenvalue weighted by Crippen LogP contribution is 2.28. The van der Waals surface area contributed by atoms with Crippen molar-refractivity contribution in [1.29, 1.82) is 0 Å². The lowest BCUT2D eigenvalue weighted by atomic mass is 9.99. The Morgan fingerprint density at radius 1 is 1.39 bits per heavy atom. The van der Waals surface area contributed by atoms with Gasteiger partial charge in [-0.1, -0.05) is 0 Å². The lowest BCUT2D eigenvalue weighted by Crippen LogP contribution is -2.45. The third-order valence-corrected chi connectivity index (χ3v) is 3.06. The number of anilines is 1. The largest absolute Gasteiger partial charge is 0.495 e. The van der Waals surface area contributed by atoms with Gasteiger partial charge in [-0.15, -0.1) is 0 Å². The molecular formula is C14H19N3O6. The molecule has 0 aliphatic rings. The number of rotatable bonds is 7. The number of amides is 2. The molecule has 2 amide bonds. The lowest BCUT2D eigenvalue weighted by Gasteiger charge is -2.25. The number of hydrogen-bond acceptors (Lipinski definition) is 5. The molecule has 0 heterocycles. The molecule has 9 nitrogen and oxygen atoms in total. The molecule has 0 aliphatic heterocycles. The van der Waals surface area contributed by atoms with Crippen LogP contribution in [0.1, 0.15) is 26.7 Å². The highest BCUT2D eigenvalue weighted by molar-refractivity contribution is 5.91. The number of carboxylic acid groups (broad SMARTS) is 1. The molecular weight excluding hydrogens is 306 g/mol. The van der Waals surface area contributed by atoms with E-state index in [9.17, 15) is 19.7 Å². The van der Waals surface area contributed by atoms with Gasteiger partial charge in [-0.05, 0) is 26.3 Å². The number of carbonyl (C=O) groups excluding carboxylic acids is 1. The second-order valence-corrected chi connectivity index (χ2v) is 5.50. The molecule has 126 valence electrons. The number of aliphatic carboxylic acids is 1. The second kappa shape index (κ2) is 7.43. The predicted octanol–water partition coefficient (Wildman–Crippen LogP) is 2.37. The van der Waals surface area contributed by atoms with Crippen LogP contribution in [0.2, 0.25) is 0 Å². The fraction of sp³-hybridized carbons (Fsp3) is 0.429. The van der Waals surface area contributed by atoms with E-state index < -0.39 is 22.5 Å². The third-order valence-electron chi connectivity index (χ3n) is 3.06. The van der Waals surface area contributed by atoms with Crippen molar-refractivity contribution in [2.75, 3.05) is 12.4 Å². The zero-order valence-electron chi connectivity index (χ0n) is 13.1. The summed E-state index contributed by atoms with van der Waals surface area (Å²) in [7, 11) is 1.38. The van der Waals surface area contributed by atoms with Gasteiger partial charge in [-0.3, -0.25) is 14.9 Å². The van der Waals surface area contributed by atoms with Crippen molar-refractivity contribution >= 4 is 23.4 Å². The predicted molar refractivity (Wildman–Crippen MR) is 82.8 cm³/mol.